The number of carbonyl (C=O) groups is 1. The van der Waals surface area contributed by atoms with Crippen LogP contribution in [0.4, 0.5) is 23.9 Å². The number of aryl methyl sites for hydroxylation is 1. The normalized spacial score (nSPS) is 18.6. The number of nitrogens with zero attached hydrogens (tertiary/aromatic N) is 3. The molecule has 1 aliphatic rings. The Morgan fingerprint density at radius 1 is 1.22 bits per heavy atom. The number of aromatic nitrogens is 3. The third-order valence-corrected chi connectivity index (χ3v) is 4.95. The van der Waals surface area contributed by atoms with Crippen LogP contribution >= 0.6 is 0 Å². The Morgan fingerprint density at radius 3 is 2.47 bits per heavy atom. The zero-order chi connectivity index (χ0) is 23.7. The lowest BCUT2D eigenvalue weighted by molar-refractivity contribution is -0.137. The van der Waals surface area contributed by atoms with Crippen molar-refractivity contribution in [2.24, 2.45) is 5.92 Å². The molecule has 1 fully saturated rings. The van der Waals surface area contributed by atoms with Crippen LogP contribution in [0.3, 0.4) is 0 Å². The summed E-state index contributed by atoms with van der Waals surface area (Å²) in [7, 11) is 0. The van der Waals surface area contributed by atoms with Gasteiger partial charge in [-0.15, -0.1) is 10.2 Å². The predicted octanol–water partition coefficient (Wildman–Crippen LogP) is 4.29. The number of aromatic hydroxyl groups is 1. The van der Waals surface area contributed by atoms with Gasteiger partial charge in [-0.2, -0.15) is 13.2 Å². The van der Waals surface area contributed by atoms with Crippen molar-refractivity contribution >= 4 is 12.0 Å². The average Bonchev–Trinajstić information content (AvgIpc) is 2.61. The quantitative estimate of drug-likeness (QED) is 0.620. The molecule has 3 N–H and O–H groups in total. The summed E-state index contributed by atoms with van der Waals surface area (Å²) in [6.45, 7) is 7.63. The van der Waals surface area contributed by atoms with Crippen molar-refractivity contribution in [2.75, 3.05) is 11.9 Å². The molecular weight excluding hydrogens is 427 g/mol. The lowest BCUT2D eigenvalue weighted by Crippen LogP contribution is -2.47. The Bertz CT molecular complexity index is 986. The van der Waals surface area contributed by atoms with E-state index in [1.807, 2.05) is 0 Å². The van der Waals surface area contributed by atoms with E-state index >= 15 is 0 Å². The molecule has 0 aliphatic heterocycles. The van der Waals surface area contributed by atoms with Crippen molar-refractivity contribution < 1.29 is 27.8 Å². The SMILES string of the molecule is Cc1nc(NC[C@H]2C[C@@H](NC(=O)OC(C)(C)C)C2)nnc1-c1ccc(C(F)(F)F)cc1O. The predicted molar refractivity (Wildman–Crippen MR) is 111 cm³/mol. The van der Waals surface area contributed by atoms with Gasteiger partial charge in [0.2, 0.25) is 5.95 Å². The van der Waals surface area contributed by atoms with Gasteiger partial charge in [0.05, 0.1) is 11.3 Å². The topological polar surface area (TPSA) is 109 Å². The van der Waals surface area contributed by atoms with Gasteiger partial charge < -0.3 is 20.5 Å². The number of carbonyl (C=O) groups excluding carboxylic acids is 1. The Morgan fingerprint density at radius 2 is 1.91 bits per heavy atom. The van der Waals surface area contributed by atoms with E-state index in [-0.39, 0.29) is 23.2 Å². The minimum absolute atomic E-state index is 0.0578. The van der Waals surface area contributed by atoms with Crippen LogP contribution in [-0.4, -0.2) is 44.6 Å². The summed E-state index contributed by atoms with van der Waals surface area (Å²) in [4.78, 5) is 16.1. The van der Waals surface area contributed by atoms with Crippen LogP contribution < -0.4 is 10.6 Å². The van der Waals surface area contributed by atoms with E-state index in [2.05, 4.69) is 25.8 Å². The fraction of sp³-hybridized carbons (Fsp3) is 0.524. The summed E-state index contributed by atoms with van der Waals surface area (Å²) >= 11 is 0. The molecule has 32 heavy (non-hydrogen) atoms. The molecule has 11 heteroatoms. The Hall–Kier alpha value is -3.11. The van der Waals surface area contributed by atoms with Gasteiger partial charge in [-0.3, -0.25) is 0 Å². The third kappa shape index (κ3) is 5.98. The zero-order valence-electron chi connectivity index (χ0n) is 18.2. The molecule has 174 valence electrons. The van der Waals surface area contributed by atoms with Gasteiger partial charge in [0, 0.05) is 18.2 Å². The molecule has 0 unspecified atom stereocenters. The van der Waals surface area contributed by atoms with Crippen molar-refractivity contribution in [1.29, 1.82) is 0 Å². The molecule has 0 atom stereocenters. The highest BCUT2D eigenvalue weighted by Crippen LogP contribution is 2.36. The summed E-state index contributed by atoms with van der Waals surface area (Å²) in [6.07, 6.45) is -3.41. The van der Waals surface area contributed by atoms with Crippen LogP contribution in [0.25, 0.3) is 11.3 Å². The van der Waals surface area contributed by atoms with Crippen molar-refractivity contribution in [3.63, 3.8) is 0 Å². The number of rotatable bonds is 5. The maximum absolute atomic E-state index is 12.8. The molecule has 0 saturated heterocycles. The number of benzene rings is 1. The molecule has 1 aromatic heterocycles. The number of hydrogen-bond acceptors (Lipinski definition) is 7. The number of amides is 1. The Balaban J connectivity index is 1.53. The molecule has 0 spiro atoms. The number of nitrogens with one attached hydrogen (secondary N) is 2. The number of anilines is 1. The van der Waals surface area contributed by atoms with Gasteiger partial charge in [-0.05, 0) is 64.7 Å². The van der Waals surface area contributed by atoms with Crippen LogP contribution in [0, 0.1) is 12.8 Å². The number of alkyl halides is 3. The minimum Gasteiger partial charge on any atom is -0.507 e. The molecule has 0 bridgehead atoms. The van der Waals surface area contributed by atoms with Gasteiger partial charge in [0.1, 0.15) is 17.0 Å². The Kier molecular flexibility index (Phi) is 6.47. The second kappa shape index (κ2) is 8.79. The zero-order valence-corrected chi connectivity index (χ0v) is 18.2. The van der Waals surface area contributed by atoms with Crippen molar-refractivity contribution in [1.82, 2.24) is 20.5 Å². The van der Waals surface area contributed by atoms with Crippen molar-refractivity contribution in [2.45, 2.75) is 58.4 Å². The number of phenolic OH excluding ortho intramolecular Hbond substituents is 1. The fourth-order valence-electron chi connectivity index (χ4n) is 3.37. The molecule has 1 saturated carbocycles. The number of hydrogen-bond donors (Lipinski definition) is 3. The number of ether oxygens (including phenoxy) is 1. The molecule has 8 nitrogen and oxygen atoms in total. The highest BCUT2D eigenvalue weighted by atomic mass is 19.4. The average molecular weight is 453 g/mol. The second-order valence-corrected chi connectivity index (χ2v) is 8.86. The maximum Gasteiger partial charge on any atom is 0.416 e. The summed E-state index contributed by atoms with van der Waals surface area (Å²) in [5.74, 6) is 0.0522. The van der Waals surface area contributed by atoms with E-state index in [0.29, 0.717) is 24.2 Å². The molecule has 1 aromatic carbocycles. The van der Waals surface area contributed by atoms with Crippen LogP contribution in [-0.2, 0) is 10.9 Å². The molecule has 3 rings (SSSR count). The van der Waals surface area contributed by atoms with Crippen molar-refractivity contribution in [3.8, 4) is 17.0 Å². The standard InChI is InChI=1S/C21H26F3N5O3/c1-11-17(15-6-5-13(9-16(15)30)21(22,23)24)28-29-18(26-11)25-10-12-7-14(8-12)27-19(31)32-20(2,3)4/h5-6,9,12,14,30H,7-8,10H2,1-4H3,(H,27,31)(H,25,26,29)/t12-,14+. The summed E-state index contributed by atoms with van der Waals surface area (Å²) in [5.41, 5.74) is -0.754. The number of phenols is 1. The minimum atomic E-state index is -4.55. The highest BCUT2D eigenvalue weighted by Gasteiger charge is 2.32. The Labute approximate surface area is 183 Å². The first-order valence-corrected chi connectivity index (χ1v) is 10.2. The van der Waals surface area contributed by atoms with Crippen LogP contribution in [0.5, 0.6) is 5.75 Å². The summed E-state index contributed by atoms with van der Waals surface area (Å²) in [5, 5.41) is 23.9. The molecular formula is C21H26F3N5O3. The third-order valence-electron chi connectivity index (χ3n) is 4.95. The van der Waals surface area contributed by atoms with E-state index in [9.17, 15) is 23.1 Å². The first-order chi connectivity index (χ1) is 14.8. The smallest absolute Gasteiger partial charge is 0.416 e. The van der Waals surface area contributed by atoms with E-state index in [1.165, 1.54) is 0 Å². The second-order valence-electron chi connectivity index (χ2n) is 8.86. The summed E-state index contributed by atoms with van der Waals surface area (Å²) < 4.78 is 43.6. The lowest BCUT2D eigenvalue weighted by atomic mass is 9.80. The highest BCUT2D eigenvalue weighted by molar-refractivity contribution is 5.69. The van der Waals surface area contributed by atoms with Gasteiger partial charge in [-0.1, -0.05) is 0 Å². The molecule has 1 aliphatic carbocycles. The monoisotopic (exact) mass is 453 g/mol. The largest absolute Gasteiger partial charge is 0.507 e. The summed E-state index contributed by atoms with van der Waals surface area (Å²) in [6, 6.07) is 2.74. The number of alkyl carbamates (subject to hydrolysis) is 1. The molecule has 1 amide bonds. The van der Waals surface area contributed by atoms with Gasteiger partial charge in [0.15, 0.2) is 0 Å². The lowest BCUT2D eigenvalue weighted by Gasteiger charge is -2.36. The molecule has 2 aromatic rings. The molecule has 1 heterocycles. The van der Waals surface area contributed by atoms with Gasteiger partial charge in [-0.25, -0.2) is 9.78 Å². The van der Waals surface area contributed by atoms with Crippen LogP contribution in [0.1, 0.15) is 44.9 Å². The van der Waals surface area contributed by atoms with E-state index in [0.717, 1.165) is 25.0 Å². The first-order valence-electron chi connectivity index (χ1n) is 10.2. The van der Waals surface area contributed by atoms with E-state index < -0.39 is 29.2 Å². The van der Waals surface area contributed by atoms with Gasteiger partial charge >= 0.3 is 12.3 Å². The first kappa shape index (κ1) is 23.6. The molecule has 0 radical (unpaired) electrons. The van der Waals surface area contributed by atoms with Gasteiger partial charge in [0.25, 0.3) is 0 Å². The van der Waals surface area contributed by atoms with E-state index in [4.69, 9.17) is 4.74 Å². The van der Waals surface area contributed by atoms with E-state index in [1.54, 1.807) is 27.7 Å². The van der Waals surface area contributed by atoms with Crippen LogP contribution in [0.15, 0.2) is 18.2 Å². The van der Waals surface area contributed by atoms with Crippen LogP contribution in [0.2, 0.25) is 0 Å². The van der Waals surface area contributed by atoms with Crippen molar-refractivity contribution in [3.05, 3.63) is 29.5 Å². The fourth-order valence-corrected chi connectivity index (χ4v) is 3.37. The number of halogens is 3. The maximum atomic E-state index is 12.8.